The van der Waals surface area contributed by atoms with E-state index in [1.807, 2.05) is 0 Å². The van der Waals surface area contributed by atoms with Crippen molar-refractivity contribution in [2.24, 2.45) is 0 Å². The predicted octanol–water partition coefficient (Wildman–Crippen LogP) is -1.02. The zero-order valence-electron chi connectivity index (χ0n) is 21.1. The van der Waals surface area contributed by atoms with Gasteiger partial charge in [-0.25, -0.2) is 24.5 Å². The lowest BCUT2D eigenvalue weighted by atomic mass is 9.84. The SMILES string of the molecule is C/C=C(\C)C(=O)O[C@H]1[C@H](O)[C@@H](C(=O)OC)O[C@@H]2C[C@H]3O[C@@H](n4cnc5c(N)ncnc54)[C@@H](OC)[C@@H]3O[C@@]21O. The number of fused-ring (bicyclic) bond motifs is 3. The molecule has 3 aliphatic rings. The van der Waals surface area contributed by atoms with Crippen LogP contribution in [0.4, 0.5) is 5.82 Å². The van der Waals surface area contributed by atoms with Gasteiger partial charge in [-0.15, -0.1) is 0 Å². The first kappa shape index (κ1) is 26.4. The van der Waals surface area contributed by atoms with Gasteiger partial charge in [-0.3, -0.25) is 4.57 Å². The summed E-state index contributed by atoms with van der Waals surface area (Å²) in [6.45, 7) is 3.14. The van der Waals surface area contributed by atoms with Crippen LogP contribution in [0.5, 0.6) is 0 Å². The third-order valence-corrected chi connectivity index (χ3v) is 7.21. The molecular weight excluding hydrogens is 506 g/mol. The van der Waals surface area contributed by atoms with E-state index in [2.05, 4.69) is 15.0 Å². The fraction of sp³-hybridized carbons (Fsp3) is 0.609. The molecule has 0 amide bonds. The number of carbonyl (C=O) groups is 2. The molecule has 0 saturated carbocycles. The fourth-order valence-corrected chi connectivity index (χ4v) is 5.10. The Kier molecular flexibility index (Phi) is 6.83. The van der Waals surface area contributed by atoms with Crippen molar-refractivity contribution < 1.29 is 48.2 Å². The highest BCUT2D eigenvalue weighted by Gasteiger charge is 2.67. The van der Waals surface area contributed by atoms with Crippen molar-refractivity contribution in [2.75, 3.05) is 20.0 Å². The van der Waals surface area contributed by atoms with Crippen LogP contribution in [-0.2, 0) is 38.0 Å². The van der Waals surface area contributed by atoms with Gasteiger partial charge in [0.25, 0.3) is 0 Å². The average Bonchev–Trinajstić information content (AvgIpc) is 3.49. The molecule has 0 unspecified atom stereocenters. The van der Waals surface area contributed by atoms with Crippen LogP contribution < -0.4 is 5.73 Å². The molecule has 2 aromatic rings. The summed E-state index contributed by atoms with van der Waals surface area (Å²) in [6, 6.07) is 0. The molecule has 4 N–H and O–H groups in total. The summed E-state index contributed by atoms with van der Waals surface area (Å²) in [4.78, 5) is 37.5. The summed E-state index contributed by atoms with van der Waals surface area (Å²) >= 11 is 0. The van der Waals surface area contributed by atoms with E-state index in [4.69, 9.17) is 34.2 Å². The number of aromatic nitrogens is 4. The molecule has 0 spiro atoms. The molecule has 3 aliphatic heterocycles. The van der Waals surface area contributed by atoms with E-state index in [9.17, 15) is 19.8 Å². The van der Waals surface area contributed by atoms with Gasteiger partial charge in [-0.05, 0) is 13.8 Å². The van der Waals surface area contributed by atoms with Gasteiger partial charge < -0.3 is 44.4 Å². The van der Waals surface area contributed by atoms with Crippen LogP contribution in [0.2, 0.25) is 0 Å². The van der Waals surface area contributed by atoms with E-state index in [1.54, 1.807) is 11.5 Å². The van der Waals surface area contributed by atoms with E-state index >= 15 is 0 Å². The Morgan fingerprint density at radius 2 is 2.03 bits per heavy atom. The molecule has 0 radical (unpaired) electrons. The van der Waals surface area contributed by atoms with Gasteiger partial charge >= 0.3 is 11.9 Å². The second kappa shape index (κ2) is 9.83. The lowest BCUT2D eigenvalue weighted by Gasteiger charge is -2.52. The molecule has 0 bridgehead atoms. The maximum Gasteiger partial charge on any atom is 0.337 e. The largest absolute Gasteiger partial charge is 0.467 e. The number of nitrogens with two attached hydrogens (primary N) is 1. The predicted molar refractivity (Wildman–Crippen MR) is 125 cm³/mol. The Balaban J connectivity index is 1.50. The highest BCUT2D eigenvalue weighted by Crippen LogP contribution is 2.47. The molecule has 3 saturated heterocycles. The van der Waals surface area contributed by atoms with E-state index < -0.39 is 66.7 Å². The molecule has 2 aromatic heterocycles. The summed E-state index contributed by atoms with van der Waals surface area (Å²) in [5.74, 6) is -3.89. The Bertz CT molecular complexity index is 1270. The number of methoxy groups -OCH3 is 2. The van der Waals surface area contributed by atoms with E-state index in [0.717, 1.165) is 7.11 Å². The number of carbonyl (C=O) groups excluding carboxylic acids is 2. The number of allylic oxidation sites excluding steroid dienone is 1. The number of ether oxygens (including phenoxy) is 6. The number of aliphatic hydroxyl groups excluding tert-OH is 1. The summed E-state index contributed by atoms with van der Waals surface area (Å²) in [7, 11) is 2.56. The Morgan fingerprint density at radius 3 is 2.71 bits per heavy atom. The van der Waals surface area contributed by atoms with Crippen LogP contribution in [-0.4, -0.2) is 104 Å². The normalized spacial score (nSPS) is 36.9. The lowest BCUT2D eigenvalue weighted by Crippen LogP contribution is -2.73. The molecule has 5 rings (SSSR count). The molecule has 3 fully saturated rings. The number of aliphatic hydroxyl groups is 2. The standard InChI is InChI=1S/C23H29N5O10/c1-5-9(2)21(30)37-17-13(29)15(22(31)34-4)36-11-6-10-14(38-23(11,17)32)16(33-3)20(35-10)28-8-27-12-18(24)25-7-26-19(12)28/h5,7-8,10-11,13-17,20,29,32H,6H2,1-4H3,(H2,24,25,26)/b9-5+/t10-,11-,13-,14-,15+,16+,17+,20-,23+/m1/s1. The van der Waals surface area contributed by atoms with E-state index in [1.165, 1.54) is 32.8 Å². The van der Waals surface area contributed by atoms with Gasteiger partial charge in [0.15, 0.2) is 29.9 Å². The maximum atomic E-state index is 12.7. The number of imidazole rings is 1. The minimum absolute atomic E-state index is 0.00184. The van der Waals surface area contributed by atoms with Crippen molar-refractivity contribution in [3.8, 4) is 0 Å². The Morgan fingerprint density at radius 1 is 1.26 bits per heavy atom. The van der Waals surface area contributed by atoms with Crippen LogP contribution in [0.15, 0.2) is 24.3 Å². The molecule has 15 nitrogen and oxygen atoms in total. The lowest BCUT2D eigenvalue weighted by molar-refractivity contribution is -0.397. The number of hydrogen-bond acceptors (Lipinski definition) is 14. The minimum atomic E-state index is -2.35. The number of hydrogen-bond donors (Lipinski definition) is 3. The fourth-order valence-electron chi connectivity index (χ4n) is 5.10. The molecule has 0 aromatic carbocycles. The van der Waals surface area contributed by atoms with Gasteiger partial charge in [-0.2, -0.15) is 0 Å². The molecule has 15 heteroatoms. The third kappa shape index (κ3) is 4.02. The van der Waals surface area contributed by atoms with Crippen molar-refractivity contribution in [2.45, 2.75) is 75.0 Å². The molecule has 0 aliphatic carbocycles. The van der Waals surface area contributed by atoms with Crippen molar-refractivity contribution in [1.82, 2.24) is 19.5 Å². The van der Waals surface area contributed by atoms with Crippen molar-refractivity contribution >= 4 is 28.9 Å². The summed E-state index contributed by atoms with van der Waals surface area (Å²) in [5, 5.41) is 22.7. The number of nitrogens with zero attached hydrogens (tertiary/aromatic N) is 4. The highest BCUT2D eigenvalue weighted by molar-refractivity contribution is 5.88. The van der Waals surface area contributed by atoms with Gasteiger partial charge in [0.1, 0.15) is 36.3 Å². The second-order valence-electron chi connectivity index (χ2n) is 9.28. The van der Waals surface area contributed by atoms with Gasteiger partial charge in [0.2, 0.25) is 5.79 Å². The maximum absolute atomic E-state index is 12.7. The van der Waals surface area contributed by atoms with Gasteiger partial charge in [0.05, 0.1) is 19.5 Å². The van der Waals surface area contributed by atoms with Crippen LogP contribution in [0, 0.1) is 0 Å². The van der Waals surface area contributed by atoms with Crippen molar-refractivity contribution in [3.63, 3.8) is 0 Å². The summed E-state index contributed by atoms with van der Waals surface area (Å²) < 4.78 is 35.7. The zero-order valence-corrected chi connectivity index (χ0v) is 21.1. The first-order valence-corrected chi connectivity index (χ1v) is 11.9. The quantitative estimate of drug-likeness (QED) is 0.310. The molecular formula is C23H29N5O10. The first-order valence-electron chi connectivity index (χ1n) is 11.9. The summed E-state index contributed by atoms with van der Waals surface area (Å²) in [6.07, 6.45) is -5.25. The van der Waals surface area contributed by atoms with E-state index in [-0.39, 0.29) is 17.8 Å². The number of rotatable bonds is 5. The third-order valence-electron chi connectivity index (χ3n) is 7.21. The second-order valence-corrected chi connectivity index (χ2v) is 9.28. The Hall–Kier alpha value is -3.21. The van der Waals surface area contributed by atoms with Crippen LogP contribution >= 0.6 is 0 Å². The smallest absolute Gasteiger partial charge is 0.337 e. The van der Waals surface area contributed by atoms with Gasteiger partial charge in [0, 0.05) is 19.1 Å². The average molecular weight is 536 g/mol. The molecule has 38 heavy (non-hydrogen) atoms. The van der Waals surface area contributed by atoms with Crippen LogP contribution in [0.1, 0.15) is 26.5 Å². The van der Waals surface area contributed by atoms with E-state index in [0.29, 0.717) is 11.2 Å². The number of esters is 2. The van der Waals surface area contributed by atoms with Gasteiger partial charge in [-0.1, -0.05) is 6.08 Å². The monoisotopic (exact) mass is 535 g/mol. The number of nitrogen functional groups attached to an aromatic ring is 1. The number of anilines is 1. The molecule has 9 atom stereocenters. The zero-order chi connectivity index (χ0) is 27.4. The van der Waals surface area contributed by atoms with Crippen LogP contribution in [0.3, 0.4) is 0 Å². The van der Waals surface area contributed by atoms with Crippen LogP contribution in [0.25, 0.3) is 11.2 Å². The topological polar surface area (TPSA) is 200 Å². The minimum Gasteiger partial charge on any atom is -0.467 e. The van der Waals surface area contributed by atoms with Crippen molar-refractivity contribution in [3.05, 3.63) is 24.3 Å². The summed E-state index contributed by atoms with van der Waals surface area (Å²) in [5.41, 5.74) is 6.90. The molecule has 5 heterocycles. The first-order chi connectivity index (χ1) is 18.1. The van der Waals surface area contributed by atoms with Crippen molar-refractivity contribution in [1.29, 1.82) is 0 Å². The Labute approximate surface area is 216 Å². The molecule has 206 valence electrons. The highest BCUT2D eigenvalue weighted by atomic mass is 16.7.